The molecule has 2 atom stereocenters. The Hall–Kier alpha value is -0.420. The highest BCUT2D eigenvalue weighted by molar-refractivity contribution is 7.07. The van der Waals surface area contributed by atoms with Crippen molar-refractivity contribution in [2.75, 3.05) is 40.8 Å². The molecular formula is C14H25N3S. The van der Waals surface area contributed by atoms with Crippen LogP contribution in [-0.4, -0.2) is 62.7 Å². The molecule has 1 aromatic rings. The first-order valence-electron chi connectivity index (χ1n) is 6.78. The number of likely N-dealkylation sites (N-methyl/N-ethyl adjacent to an activating group) is 3. The van der Waals surface area contributed by atoms with Crippen LogP contribution in [0, 0.1) is 0 Å². The average molecular weight is 267 g/mol. The zero-order valence-corrected chi connectivity index (χ0v) is 12.5. The fraction of sp³-hybridized carbons (Fsp3) is 0.714. The van der Waals surface area contributed by atoms with Crippen LogP contribution in [0.4, 0.5) is 0 Å². The number of hydrogen-bond donors (Lipinski definition) is 1. The van der Waals surface area contributed by atoms with Crippen LogP contribution in [0.25, 0.3) is 0 Å². The fourth-order valence-electron chi connectivity index (χ4n) is 2.76. The molecule has 4 heteroatoms. The molecule has 1 aromatic heterocycles. The minimum Gasteiger partial charge on any atom is -0.315 e. The van der Waals surface area contributed by atoms with Crippen LogP contribution in [0.2, 0.25) is 0 Å². The summed E-state index contributed by atoms with van der Waals surface area (Å²) in [4.78, 5) is 4.95. The fourth-order valence-corrected chi connectivity index (χ4v) is 3.47. The van der Waals surface area contributed by atoms with Crippen molar-refractivity contribution in [1.29, 1.82) is 0 Å². The molecule has 0 amide bonds. The molecule has 0 aromatic carbocycles. The molecule has 1 saturated heterocycles. The first-order valence-corrected chi connectivity index (χ1v) is 7.72. The Labute approximate surface area is 115 Å². The van der Waals surface area contributed by atoms with Gasteiger partial charge in [0.15, 0.2) is 0 Å². The van der Waals surface area contributed by atoms with E-state index in [1.54, 1.807) is 11.3 Å². The maximum Gasteiger partial charge on any atom is 0.0373 e. The van der Waals surface area contributed by atoms with Crippen LogP contribution in [0.1, 0.15) is 12.0 Å². The van der Waals surface area contributed by atoms with Gasteiger partial charge in [-0.25, -0.2) is 0 Å². The van der Waals surface area contributed by atoms with Gasteiger partial charge in [0.05, 0.1) is 0 Å². The third-order valence-corrected chi connectivity index (χ3v) is 4.79. The molecule has 0 aliphatic carbocycles. The van der Waals surface area contributed by atoms with Gasteiger partial charge in [-0.2, -0.15) is 11.3 Å². The van der Waals surface area contributed by atoms with Crippen molar-refractivity contribution in [2.45, 2.75) is 24.9 Å². The zero-order valence-electron chi connectivity index (χ0n) is 11.7. The highest BCUT2D eigenvalue weighted by Crippen LogP contribution is 2.16. The van der Waals surface area contributed by atoms with Crippen molar-refractivity contribution in [1.82, 2.24) is 15.1 Å². The van der Waals surface area contributed by atoms with Crippen molar-refractivity contribution < 1.29 is 0 Å². The van der Waals surface area contributed by atoms with E-state index in [1.165, 1.54) is 38.0 Å². The third kappa shape index (κ3) is 3.54. The number of rotatable bonds is 5. The topological polar surface area (TPSA) is 18.5 Å². The Kier molecular flexibility index (Phi) is 5.18. The summed E-state index contributed by atoms with van der Waals surface area (Å²) in [7, 11) is 6.58. The molecule has 0 saturated carbocycles. The molecule has 0 spiro atoms. The lowest BCUT2D eigenvalue weighted by Crippen LogP contribution is -2.58. The summed E-state index contributed by atoms with van der Waals surface area (Å²) in [5.74, 6) is 0. The minimum absolute atomic E-state index is 0.581. The number of nitrogens with zero attached hydrogens (tertiary/aromatic N) is 2. The van der Waals surface area contributed by atoms with Gasteiger partial charge in [0.1, 0.15) is 0 Å². The zero-order chi connectivity index (χ0) is 13.0. The van der Waals surface area contributed by atoms with Crippen LogP contribution in [0.3, 0.4) is 0 Å². The second-order valence-electron chi connectivity index (χ2n) is 5.38. The number of nitrogens with one attached hydrogen (secondary N) is 1. The number of aryl methyl sites for hydroxylation is 1. The van der Waals surface area contributed by atoms with Gasteiger partial charge in [-0.05, 0) is 56.4 Å². The Morgan fingerprint density at radius 1 is 1.44 bits per heavy atom. The second kappa shape index (κ2) is 6.66. The number of hydrogen-bond acceptors (Lipinski definition) is 4. The van der Waals surface area contributed by atoms with Crippen molar-refractivity contribution in [2.24, 2.45) is 0 Å². The molecule has 3 nitrogen and oxygen atoms in total. The van der Waals surface area contributed by atoms with Gasteiger partial charge in [-0.15, -0.1) is 0 Å². The molecular weight excluding hydrogens is 242 g/mol. The normalized spacial score (nSPS) is 24.3. The van der Waals surface area contributed by atoms with Gasteiger partial charge in [0.2, 0.25) is 0 Å². The SMILES string of the molecule is CNC(CCc1ccsc1)C1CN(C)CCN1C. The predicted octanol–water partition coefficient (Wildman–Crippen LogP) is 1.51. The maximum atomic E-state index is 3.52. The number of thiophene rings is 1. The Bertz CT molecular complexity index is 339. The largest absolute Gasteiger partial charge is 0.315 e. The molecule has 0 bridgehead atoms. The van der Waals surface area contributed by atoms with Crippen LogP contribution in [0.15, 0.2) is 16.8 Å². The van der Waals surface area contributed by atoms with E-state index >= 15 is 0 Å². The summed E-state index contributed by atoms with van der Waals surface area (Å²) < 4.78 is 0. The van der Waals surface area contributed by atoms with Gasteiger partial charge in [0.25, 0.3) is 0 Å². The second-order valence-corrected chi connectivity index (χ2v) is 6.16. The Balaban J connectivity index is 1.90. The average Bonchev–Trinajstić information content (AvgIpc) is 2.87. The van der Waals surface area contributed by atoms with Gasteiger partial charge >= 0.3 is 0 Å². The van der Waals surface area contributed by atoms with Crippen molar-refractivity contribution in [3.05, 3.63) is 22.4 Å². The first kappa shape index (κ1) is 14.0. The Morgan fingerprint density at radius 3 is 2.94 bits per heavy atom. The molecule has 1 aliphatic heterocycles. The quantitative estimate of drug-likeness (QED) is 0.872. The van der Waals surface area contributed by atoms with Crippen LogP contribution in [0.5, 0.6) is 0 Å². The molecule has 102 valence electrons. The van der Waals surface area contributed by atoms with E-state index in [9.17, 15) is 0 Å². The molecule has 18 heavy (non-hydrogen) atoms. The van der Waals surface area contributed by atoms with E-state index in [2.05, 4.69) is 53.1 Å². The van der Waals surface area contributed by atoms with E-state index < -0.39 is 0 Å². The van der Waals surface area contributed by atoms with Gasteiger partial charge in [-0.1, -0.05) is 0 Å². The van der Waals surface area contributed by atoms with Crippen LogP contribution in [-0.2, 0) is 6.42 Å². The molecule has 1 fully saturated rings. The van der Waals surface area contributed by atoms with E-state index in [4.69, 9.17) is 0 Å². The monoisotopic (exact) mass is 267 g/mol. The van der Waals surface area contributed by atoms with Gasteiger partial charge in [0, 0.05) is 31.7 Å². The molecule has 2 unspecified atom stereocenters. The molecule has 1 N–H and O–H groups in total. The molecule has 1 aliphatic rings. The summed E-state index contributed by atoms with van der Waals surface area (Å²) >= 11 is 1.80. The lowest BCUT2D eigenvalue weighted by molar-refractivity contribution is 0.0875. The van der Waals surface area contributed by atoms with Crippen molar-refractivity contribution in [3.8, 4) is 0 Å². The highest BCUT2D eigenvalue weighted by atomic mass is 32.1. The molecule has 2 rings (SSSR count). The van der Waals surface area contributed by atoms with E-state index in [-0.39, 0.29) is 0 Å². The summed E-state index contributed by atoms with van der Waals surface area (Å²) in [6, 6.07) is 3.46. The van der Waals surface area contributed by atoms with E-state index in [0.29, 0.717) is 12.1 Å². The summed E-state index contributed by atoms with van der Waals surface area (Å²) in [6.07, 6.45) is 2.40. The highest BCUT2D eigenvalue weighted by Gasteiger charge is 2.28. The van der Waals surface area contributed by atoms with Gasteiger partial charge in [-0.3, -0.25) is 4.90 Å². The first-order chi connectivity index (χ1) is 8.70. The van der Waals surface area contributed by atoms with Gasteiger partial charge < -0.3 is 10.2 Å². The summed E-state index contributed by atoms with van der Waals surface area (Å²) in [5.41, 5.74) is 1.48. The van der Waals surface area contributed by atoms with E-state index in [1.807, 2.05) is 0 Å². The van der Waals surface area contributed by atoms with Crippen LogP contribution < -0.4 is 5.32 Å². The minimum atomic E-state index is 0.581. The lowest BCUT2D eigenvalue weighted by Gasteiger charge is -2.42. The summed E-state index contributed by atoms with van der Waals surface area (Å²) in [5, 5.41) is 7.96. The molecule has 2 heterocycles. The van der Waals surface area contributed by atoms with Crippen LogP contribution >= 0.6 is 11.3 Å². The smallest absolute Gasteiger partial charge is 0.0373 e. The standard InChI is InChI=1S/C14H25N3S/c1-15-13(5-4-12-6-9-18-11-12)14-10-16(2)7-8-17(14)3/h6,9,11,13-15H,4-5,7-8,10H2,1-3H3. The van der Waals surface area contributed by atoms with E-state index in [0.717, 1.165) is 0 Å². The van der Waals surface area contributed by atoms with Crippen molar-refractivity contribution in [3.63, 3.8) is 0 Å². The third-order valence-electron chi connectivity index (χ3n) is 4.06. The summed E-state index contributed by atoms with van der Waals surface area (Å²) in [6.45, 7) is 3.54. The predicted molar refractivity (Wildman–Crippen MR) is 79.4 cm³/mol. The maximum absolute atomic E-state index is 3.52. The molecule has 0 radical (unpaired) electrons. The Morgan fingerprint density at radius 2 is 2.28 bits per heavy atom. The lowest BCUT2D eigenvalue weighted by atomic mass is 9.98. The van der Waals surface area contributed by atoms with Crippen molar-refractivity contribution >= 4 is 11.3 Å². The number of piperazine rings is 1.